The first-order chi connectivity index (χ1) is 11.1. The molecule has 126 valence electrons. The Kier molecular flexibility index (Phi) is 4.51. The number of nitrogens with two attached hydrogens (primary N) is 1. The number of ether oxygens (including phenoxy) is 1. The van der Waals surface area contributed by atoms with Gasteiger partial charge in [0.05, 0.1) is 0 Å². The van der Waals surface area contributed by atoms with Gasteiger partial charge in [-0.15, -0.1) is 0 Å². The Labute approximate surface area is 139 Å². The monoisotopic (exact) mass is 315 g/mol. The van der Waals surface area contributed by atoms with Crippen molar-refractivity contribution < 1.29 is 4.74 Å². The standard InChI is InChI=1S/C19H29N3O/c1-4-6-16(23-17(5-2)19(3)9-10-19)14-8-7-13(11-14)15-12-18(20)22-21-15/h5-6,12-14H,4,7-11H2,1-3H3,(H3,20,21,22)/b16-6+,17-5-. The van der Waals surface area contributed by atoms with Crippen LogP contribution < -0.4 is 5.73 Å². The fraction of sp³-hybridized carbons (Fsp3) is 0.632. The highest BCUT2D eigenvalue weighted by Crippen LogP contribution is 2.53. The lowest BCUT2D eigenvalue weighted by atomic mass is 9.99. The summed E-state index contributed by atoms with van der Waals surface area (Å²) in [6, 6.07) is 1.97. The number of aromatic amines is 1. The first-order valence-electron chi connectivity index (χ1n) is 8.91. The van der Waals surface area contributed by atoms with Crippen molar-refractivity contribution >= 4 is 5.82 Å². The van der Waals surface area contributed by atoms with E-state index < -0.39 is 0 Å². The summed E-state index contributed by atoms with van der Waals surface area (Å²) in [4.78, 5) is 0. The number of allylic oxidation sites excluding steroid dienone is 4. The predicted octanol–water partition coefficient (Wildman–Crippen LogP) is 4.89. The van der Waals surface area contributed by atoms with Crippen molar-refractivity contribution in [2.45, 2.75) is 65.2 Å². The van der Waals surface area contributed by atoms with Gasteiger partial charge in [-0.2, -0.15) is 5.10 Å². The summed E-state index contributed by atoms with van der Waals surface area (Å²) in [6.07, 6.45) is 11.4. The van der Waals surface area contributed by atoms with Crippen LogP contribution in [-0.4, -0.2) is 10.2 Å². The second kappa shape index (κ2) is 6.42. The van der Waals surface area contributed by atoms with E-state index in [1.807, 2.05) is 6.07 Å². The van der Waals surface area contributed by atoms with Gasteiger partial charge in [0.2, 0.25) is 0 Å². The van der Waals surface area contributed by atoms with Crippen LogP contribution in [-0.2, 0) is 4.74 Å². The molecule has 2 atom stereocenters. The summed E-state index contributed by atoms with van der Waals surface area (Å²) in [7, 11) is 0. The Morgan fingerprint density at radius 3 is 2.83 bits per heavy atom. The molecule has 3 N–H and O–H groups in total. The largest absolute Gasteiger partial charge is 0.466 e. The lowest BCUT2D eigenvalue weighted by Gasteiger charge is -2.22. The lowest BCUT2D eigenvalue weighted by molar-refractivity contribution is 0.211. The van der Waals surface area contributed by atoms with Crippen molar-refractivity contribution in [3.63, 3.8) is 0 Å². The zero-order valence-corrected chi connectivity index (χ0v) is 14.6. The number of hydrogen-bond donors (Lipinski definition) is 2. The van der Waals surface area contributed by atoms with Gasteiger partial charge in [0, 0.05) is 29.0 Å². The fourth-order valence-corrected chi connectivity index (χ4v) is 3.67. The maximum Gasteiger partial charge on any atom is 0.145 e. The van der Waals surface area contributed by atoms with Gasteiger partial charge in [0.15, 0.2) is 0 Å². The van der Waals surface area contributed by atoms with Gasteiger partial charge >= 0.3 is 0 Å². The molecule has 0 amide bonds. The van der Waals surface area contributed by atoms with E-state index in [4.69, 9.17) is 10.5 Å². The minimum Gasteiger partial charge on any atom is -0.466 e. The minimum absolute atomic E-state index is 0.275. The topological polar surface area (TPSA) is 63.9 Å². The van der Waals surface area contributed by atoms with Crippen LogP contribution in [0, 0.1) is 11.3 Å². The van der Waals surface area contributed by atoms with Gasteiger partial charge in [-0.05, 0) is 57.6 Å². The lowest BCUT2D eigenvalue weighted by Crippen LogP contribution is -2.09. The SMILES string of the molecule is C/C=C(\O/C(=C/CC)C1CCC(c2cc(N)n[nH]2)C1)C1(C)CC1. The normalized spacial score (nSPS) is 27.3. The van der Waals surface area contributed by atoms with Crippen LogP contribution in [0.25, 0.3) is 0 Å². The number of rotatable bonds is 6. The second-order valence-corrected chi connectivity index (χ2v) is 7.29. The maximum absolute atomic E-state index is 6.41. The number of nitrogen functional groups attached to an aromatic ring is 1. The number of aromatic nitrogens is 2. The molecule has 2 aliphatic carbocycles. The van der Waals surface area contributed by atoms with Gasteiger partial charge in [0.25, 0.3) is 0 Å². The van der Waals surface area contributed by atoms with E-state index in [2.05, 4.69) is 43.1 Å². The van der Waals surface area contributed by atoms with Crippen molar-refractivity contribution in [1.82, 2.24) is 10.2 Å². The van der Waals surface area contributed by atoms with E-state index in [9.17, 15) is 0 Å². The first-order valence-corrected chi connectivity index (χ1v) is 8.91. The molecule has 23 heavy (non-hydrogen) atoms. The van der Waals surface area contributed by atoms with E-state index in [0.29, 0.717) is 17.7 Å². The Balaban J connectivity index is 1.69. The second-order valence-electron chi connectivity index (χ2n) is 7.29. The van der Waals surface area contributed by atoms with Crippen LogP contribution >= 0.6 is 0 Å². The number of anilines is 1. The van der Waals surface area contributed by atoms with Gasteiger partial charge in [0.1, 0.15) is 17.3 Å². The number of nitrogens with zero attached hydrogens (tertiary/aromatic N) is 1. The van der Waals surface area contributed by atoms with Crippen molar-refractivity contribution in [2.24, 2.45) is 11.3 Å². The third-order valence-electron chi connectivity index (χ3n) is 5.38. The van der Waals surface area contributed by atoms with Crippen LogP contribution in [0.1, 0.15) is 70.9 Å². The maximum atomic E-state index is 6.41. The zero-order chi connectivity index (χ0) is 16.4. The van der Waals surface area contributed by atoms with E-state index in [-0.39, 0.29) is 5.41 Å². The van der Waals surface area contributed by atoms with Gasteiger partial charge in [-0.25, -0.2) is 0 Å². The molecule has 2 fully saturated rings. The van der Waals surface area contributed by atoms with Crippen molar-refractivity contribution in [3.05, 3.63) is 35.4 Å². The molecule has 4 nitrogen and oxygen atoms in total. The number of nitrogens with one attached hydrogen (secondary N) is 1. The molecule has 1 heterocycles. The first kappa shape index (κ1) is 16.2. The molecule has 0 spiro atoms. The summed E-state index contributed by atoms with van der Waals surface area (Å²) in [5.41, 5.74) is 7.18. The number of H-pyrrole nitrogens is 1. The summed E-state index contributed by atoms with van der Waals surface area (Å²) >= 11 is 0. The van der Waals surface area contributed by atoms with Crippen molar-refractivity contribution in [1.29, 1.82) is 0 Å². The van der Waals surface area contributed by atoms with Crippen LogP contribution in [0.3, 0.4) is 0 Å². The highest BCUT2D eigenvalue weighted by molar-refractivity contribution is 5.31. The Bertz CT molecular complexity index is 610. The highest BCUT2D eigenvalue weighted by atomic mass is 16.5. The quantitative estimate of drug-likeness (QED) is 0.735. The molecule has 2 aliphatic rings. The highest BCUT2D eigenvalue weighted by Gasteiger charge is 2.43. The molecule has 0 aromatic carbocycles. The van der Waals surface area contributed by atoms with Gasteiger partial charge in [-0.1, -0.05) is 13.8 Å². The molecule has 0 bridgehead atoms. The van der Waals surface area contributed by atoms with E-state index in [1.165, 1.54) is 37.1 Å². The zero-order valence-electron chi connectivity index (χ0n) is 14.6. The Hall–Kier alpha value is -1.71. The Morgan fingerprint density at radius 2 is 2.26 bits per heavy atom. The number of hydrogen-bond acceptors (Lipinski definition) is 3. The van der Waals surface area contributed by atoms with Crippen LogP contribution in [0.5, 0.6) is 0 Å². The molecule has 3 rings (SSSR count). The smallest absolute Gasteiger partial charge is 0.145 e. The van der Waals surface area contributed by atoms with Crippen molar-refractivity contribution in [2.75, 3.05) is 5.73 Å². The molecule has 0 aliphatic heterocycles. The molecule has 1 aromatic rings. The molecule has 0 radical (unpaired) electrons. The molecule has 2 unspecified atom stereocenters. The van der Waals surface area contributed by atoms with E-state index in [1.54, 1.807) is 0 Å². The summed E-state index contributed by atoms with van der Waals surface area (Å²) in [6.45, 7) is 6.57. The molecular formula is C19H29N3O. The summed E-state index contributed by atoms with van der Waals surface area (Å²) in [5.74, 6) is 3.93. The van der Waals surface area contributed by atoms with Crippen molar-refractivity contribution in [3.8, 4) is 0 Å². The Morgan fingerprint density at radius 1 is 1.48 bits per heavy atom. The fourth-order valence-electron chi connectivity index (χ4n) is 3.67. The molecule has 0 saturated heterocycles. The van der Waals surface area contributed by atoms with Crippen LogP contribution in [0.15, 0.2) is 29.7 Å². The molecule has 2 saturated carbocycles. The third kappa shape index (κ3) is 3.46. The van der Waals surface area contributed by atoms with Gasteiger partial charge < -0.3 is 10.5 Å². The van der Waals surface area contributed by atoms with E-state index >= 15 is 0 Å². The van der Waals surface area contributed by atoms with Crippen LogP contribution in [0.4, 0.5) is 5.82 Å². The molecule has 4 heteroatoms. The summed E-state index contributed by atoms with van der Waals surface area (Å²) < 4.78 is 6.41. The van der Waals surface area contributed by atoms with Crippen LogP contribution in [0.2, 0.25) is 0 Å². The summed E-state index contributed by atoms with van der Waals surface area (Å²) in [5, 5.41) is 7.15. The average molecular weight is 315 g/mol. The van der Waals surface area contributed by atoms with Gasteiger partial charge in [-0.3, -0.25) is 5.10 Å². The van der Waals surface area contributed by atoms with E-state index in [0.717, 1.165) is 18.6 Å². The third-order valence-corrected chi connectivity index (χ3v) is 5.38. The molecular weight excluding hydrogens is 286 g/mol. The minimum atomic E-state index is 0.275. The predicted molar refractivity (Wildman–Crippen MR) is 93.6 cm³/mol. The average Bonchev–Trinajstić information content (AvgIpc) is 2.94. The molecule has 1 aromatic heterocycles.